The van der Waals surface area contributed by atoms with Crippen molar-refractivity contribution in [3.8, 4) is 17.0 Å². The number of nitrogens with two attached hydrogens (primary N) is 1. The molecule has 4 nitrogen and oxygen atoms in total. The molecule has 1 saturated heterocycles. The Bertz CT molecular complexity index is 802. The summed E-state index contributed by atoms with van der Waals surface area (Å²) < 4.78 is 11.4. The van der Waals surface area contributed by atoms with Gasteiger partial charge in [-0.25, -0.2) is 4.98 Å². The fourth-order valence-corrected chi connectivity index (χ4v) is 4.70. The molecule has 0 unspecified atom stereocenters. The number of nitrogens with zero attached hydrogens (tertiary/aromatic N) is 1. The fourth-order valence-electron chi connectivity index (χ4n) is 3.70. The predicted molar refractivity (Wildman–Crippen MR) is 117 cm³/mol. The van der Waals surface area contributed by atoms with Gasteiger partial charge in [0.1, 0.15) is 10.8 Å². The van der Waals surface area contributed by atoms with Crippen LogP contribution in [0.25, 0.3) is 11.3 Å². The van der Waals surface area contributed by atoms with Crippen LogP contribution in [-0.2, 0) is 21.1 Å². The van der Waals surface area contributed by atoms with Gasteiger partial charge in [-0.05, 0) is 35.8 Å². The fraction of sp³-hybridized carbons (Fsp3) is 0.609. The van der Waals surface area contributed by atoms with Crippen LogP contribution in [0.4, 0.5) is 0 Å². The molecule has 0 bridgehead atoms. The van der Waals surface area contributed by atoms with Crippen molar-refractivity contribution < 1.29 is 9.47 Å². The Labute approximate surface area is 173 Å². The molecule has 1 aromatic heterocycles. The van der Waals surface area contributed by atoms with Crippen LogP contribution < -0.4 is 10.5 Å². The third-order valence-corrected chi connectivity index (χ3v) is 6.58. The van der Waals surface area contributed by atoms with Crippen molar-refractivity contribution in [1.29, 1.82) is 0 Å². The van der Waals surface area contributed by atoms with Crippen molar-refractivity contribution in [2.75, 3.05) is 20.3 Å². The van der Waals surface area contributed by atoms with Crippen LogP contribution in [0.5, 0.6) is 5.75 Å². The van der Waals surface area contributed by atoms with E-state index in [1.165, 1.54) is 11.1 Å². The minimum atomic E-state index is -0.368. The highest BCUT2D eigenvalue weighted by Gasteiger charge is 2.34. The van der Waals surface area contributed by atoms with Gasteiger partial charge in [-0.15, -0.1) is 11.3 Å². The lowest BCUT2D eigenvalue weighted by Gasteiger charge is -2.31. The molecule has 0 saturated carbocycles. The number of ether oxygens (including phenoxy) is 2. The van der Waals surface area contributed by atoms with Gasteiger partial charge in [0.05, 0.1) is 18.3 Å². The number of rotatable bonds is 3. The quantitative estimate of drug-likeness (QED) is 0.749. The summed E-state index contributed by atoms with van der Waals surface area (Å²) in [6.07, 6.45) is 1.64. The molecule has 3 rings (SSSR count). The van der Waals surface area contributed by atoms with Crippen LogP contribution in [0.2, 0.25) is 0 Å². The van der Waals surface area contributed by atoms with Crippen molar-refractivity contribution in [3.63, 3.8) is 0 Å². The van der Waals surface area contributed by atoms with Gasteiger partial charge in [-0.2, -0.15) is 0 Å². The van der Waals surface area contributed by atoms with Crippen LogP contribution in [0.1, 0.15) is 70.5 Å². The summed E-state index contributed by atoms with van der Waals surface area (Å²) in [6, 6.07) is 4.47. The highest BCUT2D eigenvalue weighted by Crippen LogP contribution is 2.43. The van der Waals surface area contributed by atoms with E-state index in [9.17, 15) is 0 Å². The molecule has 2 heterocycles. The van der Waals surface area contributed by atoms with Gasteiger partial charge in [-0.3, -0.25) is 0 Å². The Kier molecular flexibility index (Phi) is 5.65. The van der Waals surface area contributed by atoms with E-state index in [0.717, 1.165) is 34.9 Å². The van der Waals surface area contributed by atoms with Gasteiger partial charge < -0.3 is 15.2 Å². The van der Waals surface area contributed by atoms with Crippen LogP contribution in [0, 0.1) is 0 Å². The molecule has 0 atom stereocenters. The second-order valence-corrected chi connectivity index (χ2v) is 10.8. The maximum atomic E-state index is 6.66. The zero-order valence-electron chi connectivity index (χ0n) is 18.3. The van der Waals surface area contributed by atoms with Crippen molar-refractivity contribution in [2.45, 2.75) is 70.8 Å². The standard InChI is InChI=1S/C23H34N2O2S/c1-21(2,3)16-12-15(13-17(19(16)26-7)22(4,5)6)18-14-28-20(25-18)23(24)8-10-27-11-9-23/h12-14H,8-11,24H2,1-7H3. The first-order valence-electron chi connectivity index (χ1n) is 10.0. The first-order valence-corrected chi connectivity index (χ1v) is 10.9. The van der Waals surface area contributed by atoms with Crippen molar-refractivity contribution in [3.05, 3.63) is 33.6 Å². The van der Waals surface area contributed by atoms with Gasteiger partial charge in [0, 0.05) is 35.3 Å². The molecule has 154 valence electrons. The number of benzene rings is 1. The molecule has 1 aromatic carbocycles. The van der Waals surface area contributed by atoms with E-state index in [4.69, 9.17) is 20.2 Å². The van der Waals surface area contributed by atoms with Gasteiger partial charge in [0.2, 0.25) is 0 Å². The van der Waals surface area contributed by atoms with E-state index in [2.05, 4.69) is 59.1 Å². The second-order valence-electron chi connectivity index (χ2n) is 9.91. The van der Waals surface area contributed by atoms with E-state index >= 15 is 0 Å². The van der Waals surface area contributed by atoms with Crippen LogP contribution in [-0.4, -0.2) is 25.3 Å². The molecule has 28 heavy (non-hydrogen) atoms. The zero-order chi connectivity index (χ0) is 20.7. The lowest BCUT2D eigenvalue weighted by molar-refractivity contribution is 0.0522. The summed E-state index contributed by atoms with van der Waals surface area (Å²) in [6.45, 7) is 14.8. The third kappa shape index (κ3) is 4.12. The van der Waals surface area contributed by atoms with Crippen LogP contribution in [0.15, 0.2) is 17.5 Å². The maximum Gasteiger partial charge on any atom is 0.126 e. The van der Waals surface area contributed by atoms with Crippen molar-refractivity contribution in [2.24, 2.45) is 5.73 Å². The summed E-state index contributed by atoms with van der Waals surface area (Å²) in [5.74, 6) is 0.985. The molecule has 0 radical (unpaired) electrons. The second kappa shape index (κ2) is 7.43. The summed E-state index contributed by atoms with van der Waals surface area (Å²) >= 11 is 1.66. The molecular weight excluding hydrogens is 368 g/mol. The SMILES string of the molecule is COc1c(C(C)(C)C)cc(-c2csc(C3(N)CCOCC3)n2)cc1C(C)(C)C. The average molecular weight is 403 g/mol. The van der Waals surface area contributed by atoms with E-state index in [-0.39, 0.29) is 16.4 Å². The molecule has 0 aliphatic carbocycles. The molecule has 2 N–H and O–H groups in total. The third-order valence-electron chi connectivity index (χ3n) is 5.52. The smallest absolute Gasteiger partial charge is 0.126 e. The molecule has 0 amide bonds. The van der Waals surface area contributed by atoms with Gasteiger partial charge in [0.15, 0.2) is 0 Å². The molecule has 1 fully saturated rings. The number of hydrogen-bond donors (Lipinski definition) is 1. The largest absolute Gasteiger partial charge is 0.496 e. The Morgan fingerprint density at radius 1 is 1.04 bits per heavy atom. The monoisotopic (exact) mass is 402 g/mol. The summed E-state index contributed by atoms with van der Waals surface area (Å²) in [5, 5.41) is 3.15. The first-order chi connectivity index (χ1) is 13.0. The highest BCUT2D eigenvalue weighted by atomic mass is 32.1. The van der Waals surface area contributed by atoms with E-state index in [1.807, 2.05) is 0 Å². The number of hydrogen-bond acceptors (Lipinski definition) is 5. The summed E-state index contributed by atoms with van der Waals surface area (Å²) in [4.78, 5) is 4.97. The van der Waals surface area contributed by atoms with Gasteiger partial charge in [0.25, 0.3) is 0 Å². The molecule has 1 aliphatic heterocycles. The van der Waals surface area contributed by atoms with Crippen molar-refractivity contribution >= 4 is 11.3 Å². The molecule has 5 heteroatoms. The van der Waals surface area contributed by atoms with Gasteiger partial charge >= 0.3 is 0 Å². The highest BCUT2D eigenvalue weighted by molar-refractivity contribution is 7.10. The van der Waals surface area contributed by atoms with Gasteiger partial charge in [-0.1, -0.05) is 41.5 Å². The van der Waals surface area contributed by atoms with Crippen molar-refractivity contribution in [1.82, 2.24) is 4.98 Å². The Morgan fingerprint density at radius 2 is 1.57 bits per heavy atom. The Hall–Kier alpha value is -1.43. The van der Waals surface area contributed by atoms with E-state index in [0.29, 0.717) is 13.2 Å². The van der Waals surface area contributed by atoms with E-state index < -0.39 is 0 Å². The molecule has 2 aromatic rings. The number of methoxy groups -OCH3 is 1. The summed E-state index contributed by atoms with van der Waals surface area (Å²) in [7, 11) is 1.77. The molecule has 0 spiro atoms. The minimum Gasteiger partial charge on any atom is -0.496 e. The lowest BCUT2D eigenvalue weighted by atomic mass is 9.78. The van der Waals surface area contributed by atoms with Crippen LogP contribution in [0.3, 0.4) is 0 Å². The average Bonchev–Trinajstić information content (AvgIpc) is 3.10. The Balaban J connectivity index is 2.12. The predicted octanol–water partition coefficient (Wildman–Crippen LogP) is 5.38. The van der Waals surface area contributed by atoms with Crippen LogP contribution >= 0.6 is 11.3 Å². The first kappa shape index (κ1) is 21.3. The minimum absolute atomic E-state index is 0.0317. The Morgan fingerprint density at radius 3 is 2.04 bits per heavy atom. The van der Waals surface area contributed by atoms with E-state index in [1.54, 1.807) is 18.4 Å². The molecule has 1 aliphatic rings. The topological polar surface area (TPSA) is 57.4 Å². The lowest BCUT2D eigenvalue weighted by Crippen LogP contribution is -2.42. The normalized spacial score (nSPS) is 17.6. The zero-order valence-corrected chi connectivity index (χ0v) is 19.1. The molecular formula is C23H34N2O2S. The summed E-state index contributed by atoms with van der Waals surface area (Å²) in [5.41, 5.74) is 10.8. The number of aromatic nitrogens is 1. The number of thiazole rings is 1. The maximum absolute atomic E-state index is 6.66.